The summed E-state index contributed by atoms with van der Waals surface area (Å²) in [4.78, 5) is 0. The van der Waals surface area contributed by atoms with Crippen molar-refractivity contribution in [3.8, 4) is 5.75 Å². The van der Waals surface area contributed by atoms with Crippen LogP contribution in [0.15, 0.2) is 43.0 Å². The van der Waals surface area contributed by atoms with Gasteiger partial charge in [-0.3, -0.25) is 0 Å². The summed E-state index contributed by atoms with van der Waals surface area (Å²) in [5.41, 5.74) is 0.858. The van der Waals surface area contributed by atoms with Gasteiger partial charge in [0.2, 0.25) is 5.82 Å². The Kier molecular flexibility index (Phi) is 6.78. The Bertz CT molecular complexity index is 912. The van der Waals surface area contributed by atoms with Crippen molar-refractivity contribution in [1.29, 1.82) is 0 Å². The lowest BCUT2D eigenvalue weighted by Crippen LogP contribution is -2.14. The van der Waals surface area contributed by atoms with Gasteiger partial charge in [-0.1, -0.05) is 43.0 Å². The zero-order valence-electron chi connectivity index (χ0n) is 16.4. The van der Waals surface area contributed by atoms with Crippen LogP contribution in [0.1, 0.15) is 48.3 Å². The Morgan fingerprint density at radius 1 is 0.931 bits per heavy atom. The molecule has 1 aliphatic rings. The monoisotopic (exact) mass is 404 g/mol. The highest BCUT2D eigenvalue weighted by Gasteiger charge is 2.26. The lowest BCUT2D eigenvalue weighted by Gasteiger charge is -2.27. The third-order valence-corrected chi connectivity index (χ3v) is 5.50. The number of allylic oxidation sites excluding steroid dienone is 1. The molecule has 1 saturated carbocycles. The molecule has 0 aromatic heterocycles. The molecule has 29 heavy (non-hydrogen) atoms. The van der Waals surface area contributed by atoms with E-state index in [-0.39, 0.29) is 35.3 Å². The maximum atomic E-state index is 14.5. The van der Waals surface area contributed by atoms with E-state index >= 15 is 0 Å². The smallest absolute Gasteiger partial charge is 0.200 e. The maximum Gasteiger partial charge on any atom is 0.200 e. The van der Waals surface area contributed by atoms with E-state index in [4.69, 9.17) is 4.74 Å². The molecule has 1 aliphatic carbocycles. The number of hydrogen-bond donors (Lipinski definition) is 0. The van der Waals surface area contributed by atoms with Crippen molar-refractivity contribution in [3.05, 3.63) is 83.0 Å². The van der Waals surface area contributed by atoms with Crippen LogP contribution in [0, 0.1) is 36.1 Å². The predicted octanol–water partition coefficient (Wildman–Crippen LogP) is 7.10. The van der Waals surface area contributed by atoms with Gasteiger partial charge in [0.25, 0.3) is 0 Å². The lowest BCUT2D eigenvalue weighted by molar-refractivity contribution is 0.326. The fourth-order valence-electron chi connectivity index (χ4n) is 3.77. The molecule has 0 radical (unpaired) electrons. The largest absolute Gasteiger partial charge is 0.486 e. The molecule has 0 spiro atoms. The number of ether oxygens (including phenoxy) is 1. The molecule has 2 aromatic carbocycles. The summed E-state index contributed by atoms with van der Waals surface area (Å²) in [6, 6.07) is 6.15. The fourth-order valence-corrected chi connectivity index (χ4v) is 3.77. The van der Waals surface area contributed by atoms with Crippen LogP contribution in [0.5, 0.6) is 5.75 Å². The quantitative estimate of drug-likeness (QED) is 0.368. The van der Waals surface area contributed by atoms with Crippen molar-refractivity contribution >= 4 is 6.08 Å². The van der Waals surface area contributed by atoms with Crippen LogP contribution in [0.2, 0.25) is 0 Å². The first-order valence-electron chi connectivity index (χ1n) is 9.76. The third kappa shape index (κ3) is 4.72. The highest BCUT2D eigenvalue weighted by Crippen LogP contribution is 2.39. The Morgan fingerprint density at radius 2 is 1.66 bits per heavy atom. The van der Waals surface area contributed by atoms with Gasteiger partial charge in [-0.25, -0.2) is 13.2 Å². The summed E-state index contributed by atoms with van der Waals surface area (Å²) in [7, 11) is 0. The molecule has 0 atom stereocenters. The van der Waals surface area contributed by atoms with E-state index in [0.717, 1.165) is 12.8 Å². The molecule has 0 amide bonds. The van der Waals surface area contributed by atoms with Crippen LogP contribution in [0.25, 0.3) is 6.08 Å². The predicted molar refractivity (Wildman–Crippen MR) is 107 cm³/mol. The van der Waals surface area contributed by atoms with Crippen LogP contribution in [-0.2, 0) is 0 Å². The van der Waals surface area contributed by atoms with Crippen LogP contribution in [0.3, 0.4) is 0 Å². The van der Waals surface area contributed by atoms with Gasteiger partial charge in [0, 0.05) is 5.56 Å². The van der Waals surface area contributed by atoms with Crippen molar-refractivity contribution in [2.45, 2.75) is 38.5 Å². The first kappa shape index (κ1) is 21.2. The van der Waals surface area contributed by atoms with Gasteiger partial charge in [0.05, 0.1) is 0 Å². The minimum atomic E-state index is -0.969. The average molecular weight is 404 g/mol. The van der Waals surface area contributed by atoms with E-state index in [2.05, 4.69) is 6.58 Å². The van der Waals surface area contributed by atoms with E-state index < -0.39 is 23.3 Å². The number of rotatable bonds is 6. The normalized spacial score (nSPS) is 19.5. The van der Waals surface area contributed by atoms with Gasteiger partial charge in [-0.2, -0.15) is 4.39 Å². The van der Waals surface area contributed by atoms with E-state index in [1.807, 2.05) is 6.08 Å². The average Bonchev–Trinajstić information content (AvgIpc) is 2.73. The molecule has 5 heteroatoms. The number of halogens is 4. The second-order valence-electron chi connectivity index (χ2n) is 7.45. The minimum Gasteiger partial charge on any atom is -0.486 e. The number of hydrogen-bond acceptors (Lipinski definition) is 1. The molecule has 0 unspecified atom stereocenters. The molecule has 0 saturated heterocycles. The molecule has 1 fully saturated rings. The van der Waals surface area contributed by atoms with E-state index in [1.54, 1.807) is 24.3 Å². The fraction of sp³-hybridized carbons (Fsp3) is 0.333. The lowest BCUT2D eigenvalue weighted by atomic mass is 9.78. The summed E-state index contributed by atoms with van der Waals surface area (Å²) in [5, 5.41) is 0. The van der Waals surface area contributed by atoms with Gasteiger partial charge in [0.15, 0.2) is 23.2 Å². The van der Waals surface area contributed by atoms with Crippen LogP contribution in [0.4, 0.5) is 17.6 Å². The second-order valence-corrected chi connectivity index (χ2v) is 7.45. The molecule has 0 N–H and O–H groups in total. The molecule has 2 aromatic rings. The molecule has 0 heterocycles. The van der Waals surface area contributed by atoms with Crippen molar-refractivity contribution in [1.82, 2.24) is 0 Å². The zero-order chi connectivity index (χ0) is 21.0. The van der Waals surface area contributed by atoms with Crippen LogP contribution in [-0.4, -0.2) is 6.61 Å². The highest BCUT2D eigenvalue weighted by molar-refractivity contribution is 5.51. The molecule has 1 nitrogen and oxygen atoms in total. The SMILES string of the molecule is C=CCOc1ccc(C2CCC(/C=C/c3ccc(C)c(F)c3F)CC2)c(F)c1F. The molecule has 0 bridgehead atoms. The second kappa shape index (κ2) is 9.29. The molecular formula is C24H24F4O. The summed E-state index contributed by atoms with van der Waals surface area (Å²) in [6.45, 7) is 5.12. The summed E-state index contributed by atoms with van der Waals surface area (Å²) < 4.78 is 61.5. The Hall–Kier alpha value is -2.56. The van der Waals surface area contributed by atoms with Gasteiger partial charge in [-0.15, -0.1) is 0 Å². The van der Waals surface area contributed by atoms with Gasteiger partial charge < -0.3 is 4.74 Å². The minimum absolute atomic E-state index is 0.0730. The topological polar surface area (TPSA) is 9.23 Å². The summed E-state index contributed by atoms with van der Waals surface area (Å²) in [6.07, 6.45) is 7.89. The molecule has 154 valence electrons. The molecular weight excluding hydrogens is 380 g/mol. The maximum absolute atomic E-state index is 14.5. The van der Waals surface area contributed by atoms with E-state index in [0.29, 0.717) is 18.4 Å². The van der Waals surface area contributed by atoms with E-state index in [9.17, 15) is 17.6 Å². The third-order valence-electron chi connectivity index (χ3n) is 5.50. The first-order valence-corrected chi connectivity index (χ1v) is 9.76. The van der Waals surface area contributed by atoms with Crippen LogP contribution >= 0.6 is 0 Å². The summed E-state index contributed by atoms with van der Waals surface area (Å²) >= 11 is 0. The van der Waals surface area contributed by atoms with Crippen molar-refractivity contribution < 1.29 is 22.3 Å². The zero-order valence-corrected chi connectivity index (χ0v) is 16.4. The van der Waals surface area contributed by atoms with Crippen molar-refractivity contribution in [2.24, 2.45) is 5.92 Å². The molecule has 3 rings (SSSR count). The highest BCUT2D eigenvalue weighted by atomic mass is 19.2. The van der Waals surface area contributed by atoms with Gasteiger partial charge >= 0.3 is 0 Å². The Balaban J connectivity index is 1.64. The van der Waals surface area contributed by atoms with Crippen molar-refractivity contribution in [2.75, 3.05) is 6.61 Å². The van der Waals surface area contributed by atoms with Crippen LogP contribution < -0.4 is 4.74 Å². The van der Waals surface area contributed by atoms with E-state index in [1.165, 1.54) is 19.1 Å². The Morgan fingerprint density at radius 3 is 2.34 bits per heavy atom. The summed E-state index contributed by atoms with van der Waals surface area (Å²) in [5.74, 6) is -3.49. The van der Waals surface area contributed by atoms with Crippen molar-refractivity contribution in [3.63, 3.8) is 0 Å². The van der Waals surface area contributed by atoms with Gasteiger partial charge in [-0.05, 0) is 61.6 Å². The Labute approximate surface area is 168 Å². The number of benzene rings is 2. The standard InChI is InChI=1S/C24H24F4O/c1-3-14-29-20-13-12-19(23(27)24(20)28)17-9-5-16(6-10-17)7-11-18-8-4-15(2)21(25)22(18)26/h3-4,7-8,11-13,16-17H,1,5-6,9-10,14H2,2H3/b11-7+. The number of aryl methyl sites for hydroxylation is 1. The van der Waals surface area contributed by atoms with Gasteiger partial charge in [0.1, 0.15) is 6.61 Å². The first-order chi connectivity index (χ1) is 13.9. The molecule has 0 aliphatic heterocycles.